The van der Waals surface area contributed by atoms with Gasteiger partial charge in [0.15, 0.2) is 5.82 Å². The SMILES string of the molecule is Cc1noc(C(F)F)c1C(=O)Nc1cnn(-c2ncccc2C#N)c1. The van der Waals surface area contributed by atoms with Crippen LogP contribution in [0.1, 0.15) is 33.8 Å². The Labute approximate surface area is 139 Å². The number of nitrogens with zero attached hydrogens (tertiary/aromatic N) is 5. The zero-order valence-corrected chi connectivity index (χ0v) is 12.8. The van der Waals surface area contributed by atoms with Crippen molar-refractivity contribution < 1.29 is 18.1 Å². The molecule has 126 valence electrons. The number of hydrogen-bond acceptors (Lipinski definition) is 6. The molecule has 0 saturated heterocycles. The summed E-state index contributed by atoms with van der Waals surface area (Å²) >= 11 is 0. The second-order valence-corrected chi connectivity index (χ2v) is 4.92. The van der Waals surface area contributed by atoms with Crippen LogP contribution >= 0.6 is 0 Å². The van der Waals surface area contributed by atoms with Crippen LogP contribution in [0.3, 0.4) is 0 Å². The van der Waals surface area contributed by atoms with E-state index in [1.54, 1.807) is 12.1 Å². The highest BCUT2D eigenvalue weighted by molar-refractivity contribution is 6.05. The van der Waals surface area contributed by atoms with E-state index in [4.69, 9.17) is 5.26 Å². The molecule has 1 N–H and O–H groups in total. The van der Waals surface area contributed by atoms with E-state index in [9.17, 15) is 13.6 Å². The summed E-state index contributed by atoms with van der Waals surface area (Å²) in [5.74, 6) is -1.31. The van der Waals surface area contributed by atoms with Crippen LogP contribution in [0.4, 0.5) is 14.5 Å². The third-order valence-corrected chi connectivity index (χ3v) is 3.28. The zero-order valence-electron chi connectivity index (χ0n) is 12.8. The lowest BCUT2D eigenvalue weighted by molar-refractivity contribution is 0.0966. The molecular weight excluding hydrogens is 334 g/mol. The van der Waals surface area contributed by atoms with Gasteiger partial charge in [-0.05, 0) is 19.1 Å². The maximum Gasteiger partial charge on any atom is 0.298 e. The van der Waals surface area contributed by atoms with Gasteiger partial charge in [0.2, 0.25) is 5.76 Å². The highest BCUT2D eigenvalue weighted by Gasteiger charge is 2.27. The van der Waals surface area contributed by atoms with Gasteiger partial charge in [-0.25, -0.2) is 18.4 Å². The molecule has 0 fully saturated rings. The zero-order chi connectivity index (χ0) is 18.0. The van der Waals surface area contributed by atoms with Crippen molar-refractivity contribution in [2.45, 2.75) is 13.3 Å². The Bertz CT molecular complexity index is 973. The van der Waals surface area contributed by atoms with Gasteiger partial charge >= 0.3 is 0 Å². The number of carbonyl (C=O) groups is 1. The van der Waals surface area contributed by atoms with Crippen LogP contribution in [0.15, 0.2) is 35.2 Å². The summed E-state index contributed by atoms with van der Waals surface area (Å²) in [6.45, 7) is 1.39. The topological polar surface area (TPSA) is 110 Å². The molecule has 0 aromatic carbocycles. The fourth-order valence-corrected chi connectivity index (χ4v) is 2.18. The molecular formula is C15H10F2N6O2. The molecule has 3 aromatic heterocycles. The lowest BCUT2D eigenvalue weighted by atomic mass is 10.2. The van der Waals surface area contributed by atoms with Crippen LogP contribution in [-0.4, -0.2) is 25.8 Å². The van der Waals surface area contributed by atoms with Crippen LogP contribution in [0.2, 0.25) is 0 Å². The molecule has 0 saturated carbocycles. The van der Waals surface area contributed by atoms with E-state index in [0.717, 1.165) is 0 Å². The number of alkyl halides is 2. The van der Waals surface area contributed by atoms with Crippen molar-refractivity contribution in [1.82, 2.24) is 19.9 Å². The summed E-state index contributed by atoms with van der Waals surface area (Å²) in [6.07, 6.45) is 1.24. The van der Waals surface area contributed by atoms with E-state index >= 15 is 0 Å². The molecule has 0 aliphatic rings. The number of anilines is 1. The predicted molar refractivity (Wildman–Crippen MR) is 80.2 cm³/mol. The molecule has 3 rings (SSSR count). The van der Waals surface area contributed by atoms with Crippen LogP contribution in [0, 0.1) is 18.3 Å². The number of aryl methyl sites for hydroxylation is 1. The average molecular weight is 344 g/mol. The first-order chi connectivity index (χ1) is 12.0. The third kappa shape index (κ3) is 3.07. The molecule has 0 bridgehead atoms. The molecule has 0 aliphatic carbocycles. The predicted octanol–water partition coefficient (Wildman–Crippen LogP) is 2.63. The minimum Gasteiger partial charge on any atom is -0.354 e. The van der Waals surface area contributed by atoms with Crippen molar-refractivity contribution in [3.8, 4) is 11.9 Å². The van der Waals surface area contributed by atoms with E-state index in [-0.39, 0.29) is 22.8 Å². The Morgan fingerprint density at radius 3 is 3.00 bits per heavy atom. The van der Waals surface area contributed by atoms with Gasteiger partial charge in [0, 0.05) is 6.20 Å². The highest BCUT2D eigenvalue weighted by Crippen LogP contribution is 2.26. The van der Waals surface area contributed by atoms with Gasteiger partial charge in [0.05, 0.1) is 29.3 Å². The lowest BCUT2D eigenvalue weighted by Gasteiger charge is -2.03. The minimum absolute atomic E-state index is 0.0525. The molecule has 8 nitrogen and oxygen atoms in total. The Morgan fingerprint density at radius 2 is 2.28 bits per heavy atom. The maximum absolute atomic E-state index is 12.9. The minimum atomic E-state index is -2.96. The molecule has 0 unspecified atom stereocenters. The number of pyridine rings is 1. The molecule has 3 heterocycles. The molecule has 25 heavy (non-hydrogen) atoms. The summed E-state index contributed by atoms with van der Waals surface area (Å²) in [7, 11) is 0. The summed E-state index contributed by atoms with van der Waals surface area (Å²) in [5.41, 5.74) is 0.258. The van der Waals surface area contributed by atoms with Crippen molar-refractivity contribution in [2.24, 2.45) is 0 Å². The second-order valence-electron chi connectivity index (χ2n) is 4.92. The van der Waals surface area contributed by atoms with Crippen molar-refractivity contribution in [3.63, 3.8) is 0 Å². The number of amides is 1. The van der Waals surface area contributed by atoms with Crippen LogP contribution in [-0.2, 0) is 0 Å². The summed E-state index contributed by atoms with van der Waals surface area (Å²) in [4.78, 5) is 16.3. The van der Waals surface area contributed by atoms with Crippen molar-refractivity contribution in [3.05, 3.63) is 53.3 Å². The van der Waals surface area contributed by atoms with Gasteiger partial charge < -0.3 is 9.84 Å². The highest BCUT2D eigenvalue weighted by atomic mass is 19.3. The number of aromatic nitrogens is 4. The fraction of sp³-hybridized carbons (Fsp3) is 0.133. The largest absolute Gasteiger partial charge is 0.354 e. The van der Waals surface area contributed by atoms with Gasteiger partial charge in [-0.3, -0.25) is 4.79 Å². The number of hydrogen-bond donors (Lipinski definition) is 1. The normalized spacial score (nSPS) is 10.7. The third-order valence-electron chi connectivity index (χ3n) is 3.28. The Kier molecular flexibility index (Phi) is 4.21. The van der Waals surface area contributed by atoms with E-state index in [1.807, 2.05) is 6.07 Å². The molecule has 3 aromatic rings. The summed E-state index contributed by atoms with van der Waals surface area (Å²) < 4.78 is 31.5. The van der Waals surface area contributed by atoms with Crippen molar-refractivity contribution >= 4 is 11.6 Å². The Morgan fingerprint density at radius 1 is 1.48 bits per heavy atom. The lowest BCUT2D eigenvalue weighted by Crippen LogP contribution is -2.14. The van der Waals surface area contributed by atoms with Crippen molar-refractivity contribution in [1.29, 1.82) is 5.26 Å². The van der Waals surface area contributed by atoms with E-state index in [0.29, 0.717) is 5.56 Å². The number of nitrogens with one attached hydrogen (secondary N) is 1. The first-order valence-electron chi connectivity index (χ1n) is 6.97. The average Bonchev–Trinajstić information content (AvgIpc) is 3.21. The van der Waals surface area contributed by atoms with Crippen LogP contribution in [0.25, 0.3) is 5.82 Å². The van der Waals surface area contributed by atoms with Crippen LogP contribution < -0.4 is 5.32 Å². The van der Waals surface area contributed by atoms with Gasteiger partial charge in [-0.2, -0.15) is 10.4 Å². The van der Waals surface area contributed by atoms with E-state index in [1.165, 1.54) is 30.2 Å². The molecule has 0 radical (unpaired) electrons. The fourth-order valence-electron chi connectivity index (χ4n) is 2.18. The Balaban J connectivity index is 1.86. The van der Waals surface area contributed by atoms with Crippen LogP contribution in [0.5, 0.6) is 0 Å². The molecule has 10 heteroatoms. The quantitative estimate of drug-likeness (QED) is 0.779. The van der Waals surface area contributed by atoms with Gasteiger partial charge in [-0.1, -0.05) is 5.16 Å². The summed E-state index contributed by atoms with van der Waals surface area (Å²) in [6, 6.07) is 5.15. The van der Waals surface area contributed by atoms with E-state index in [2.05, 4.69) is 25.1 Å². The maximum atomic E-state index is 12.9. The molecule has 1 amide bonds. The van der Waals surface area contributed by atoms with Gasteiger partial charge in [0.25, 0.3) is 12.3 Å². The smallest absolute Gasteiger partial charge is 0.298 e. The molecule has 0 atom stereocenters. The molecule has 0 spiro atoms. The number of rotatable bonds is 4. The standard InChI is InChI=1S/C15H10F2N6O2/c1-8-11(12(13(16)17)25-22-8)15(24)21-10-6-20-23(7-10)14-9(5-18)3-2-4-19-14/h2-4,6-7,13H,1H3,(H,21,24). The Hall–Kier alpha value is -3.61. The molecule has 0 aliphatic heterocycles. The van der Waals surface area contributed by atoms with Gasteiger partial charge in [-0.15, -0.1) is 0 Å². The number of nitriles is 1. The monoisotopic (exact) mass is 344 g/mol. The van der Waals surface area contributed by atoms with Gasteiger partial charge in [0.1, 0.15) is 11.6 Å². The van der Waals surface area contributed by atoms with Crippen molar-refractivity contribution in [2.75, 3.05) is 5.32 Å². The van der Waals surface area contributed by atoms with E-state index < -0.39 is 18.1 Å². The number of carbonyl (C=O) groups excluding carboxylic acids is 1. The first kappa shape index (κ1) is 16.3. The second kappa shape index (κ2) is 6.48. The summed E-state index contributed by atoms with van der Waals surface area (Å²) in [5, 5.41) is 18.9. The first-order valence-corrected chi connectivity index (χ1v) is 6.97. The number of halogens is 2.